The largest absolute Gasteiger partial charge is 0.271 e. The zero-order valence-electron chi connectivity index (χ0n) is 9.03. The van der Waals surface area contributed by atoms with Gasteiger partial charge in [-0.15, -0.1) is 0 Å². The van der Waals surface area contributed by atoms with Crippen LogP contribution in [-0.2, 0) is 0 Å². The van der Waals surface area contributed by atoms with Crippen LogP contribution in [0.4, 0.5) is 0 Å². The fourth-order valence-corrected chi connectivity index (χ4v) is 2.42. The van der Waals surface area contributed by atoms with Crippen molar-refractivity contribution in [3.8, 4) is 0 Å². The highest BCUT2D eigenvalue weighted by atomic mass is 127. The third-order valence-corrected chi connectivity index (χ3v) is 3.47. The zero-order valence-corrected chi connectivity index (χ0v) is 11.9. The maximum absolute atomic E-state index is 5.88. The second-order valence-corrected chi connectivity index (χ2v) is 5.39. The molecule has 88 valence electrons. The second kappa shape index (κ2) is 5.82. The van der Waals surface area contributed by atoms with E-state index in [1.807, 2.05) is 30.3 Å². The fourth-order valence-electron chi connectivity index (χ4n) is 1.73. The van der Waals surface area contributed by atoms with E-state index in [0.29, 0.717) is 0 Å². The average molecular weight is 359 g/mol. The number of hydrazine groups is 1. The van der Waals surface area contributed by atoms with Crippen molar-refractivity contribution in [2.24, 2.45) is 5.84 Å². The number of benzene rings is 2. The van der Waals surface area contributed by atoms with Crippen molar-refractivity contribution >= 4 is 34.2 Å². The van der Waals surface area contributed by atoms with Crippen molar-refractivity contribution in [1.82, 2.24) is 5.43 Å². The van der Waals surface area contributed by atoms with E-state index in [-0.39, 0.29) is 6.04 Å². The molecule has 0 spiro atoms. The Hall–Kier alpha value is -0.620. The molecule has 1 unspecified atom stereocenters. The average Bonchev–Trinajstić information content (AvgIpc) is 2.33. The number of hydrogen-bond acceptors (Lipinski definition) is 2. The highest BCUT2D eigenvalue weighted by Crippen LogP contribution is 2.23. The van der Waals surface area contributed by atoms with E-state index in [4.69, 9.17) is 17.4 Å². The van der Waals surface area contributed by atoms with Gasteiger partial charge < -0.3 is 0 Å². The molecule has 0 saturated heterocycles. The van der Waals surface area contributed by atoms with E-state index in [2.05, 4.69) is 46.2 Å². The first-order valence-electron chi connectivity index (χ1n) is 5.18. The first-order chi connectivity index (χ1) is 8.20. The number of nitrogens with two attached hydrogens (primary N) is 1. The molecule has 0 amide bonds. The van der Waals surface area contributed by atoms with Gasteiger partial charge in [-0.1, -0.05) is 35.9 Å². The van der Waals surface area contributed by atoms with Crippen molar-refractivity contribution in [2.75, 3.05) is 0 Å². The van der Waals surface area contributed by atoms with Gasteiger partial charge in [-0.2, -0.15) is 0 Å². The molecule has 1 atom stereocenters. The standard InChI is InChI=1S/C13H12ClIN2/c14-11-6-4-9(5-7-11)13(17-16)10-2-1-3-12(15)8-10/h1-8,13,17H,16H2. The van der Waals surface area contributed by atoms with E-state index in [1.165, 1.54) is 3.57 Å². The summed E-state index contributed by atoms with van der Waals surface area (Å²) in [6.07, 6.45) is 0. The summed E-state index contributed by atoms with van der Waals surface area (Å²) in [5, 5.41) is 0.729. The Kier molecular flexibility index (Phi) is 4.39. The van der Waals surface area contributed by atoms with Crippen LogP contribution < -0.4 is 11.3 Å². The molecule has 2 rings (SSSR count). The lowest BCUT2D eigenvalue weighted by molar-refractivity contribution is 0.636. The monoisotopic (exact) mass is 358 g/mol. The van der Waals surface area contributed by atoms with Gasteiger partial charge >= 0.3 is 0 Å². The predicted octanol–water partition coefficient (Wildman–Crippen LogP) is 3.50. The zero-order chi connectivity index (χ0) is 12.3. The summed E-state index contributed by atoms with van der Waals surface area (Å²) < 4.78 is 1.19. The van der Waals surface area contributed by atoms with Gasteiger partial charge in [0, 0.05) is 8.59 Å². The van der Waals surface area contributed by atoms with Crippen LogP contribution in [0.1, 0.15) is 17.2 Å². The summed E-state index contributed by atoms with van der Waals surface area (Å²) in [6, 6.07) is 15.9. The van der Waals surface area contributed by atoms with Crippen LogP contribution in [0.5, 0.6) is 0 Å². The van der Waals surface area contributed by atoms with Crippen LogP contribution in [0.25, 0.3) is 0 Å². The summed E-state index contributed by atoms with van der Waals surface area (Å²) in [5.41, 5.74) is 5.07. The molecular formula is C13H12ClIN2. The molecule has 0 bridgehead atoms. The Morgan fingerprint density at radius 2 is 1.76 bits per heavy atom. The minimum atomic E-state index is -0.0121. The minimum Gasteiger partial charge on any atom is -0.271 e. The Bertz CT molecular complexity index is 499. The first kappa shape index (κ1) is 12.8. The highest BCUT2D eigenvalue weighted by Gasteiger charge is 2.12. The van der Waals surface area contributed by atoms with Gasteiger partial charge in [0.05, 0.1) is 6.04 Å². The molecule has 0 fully saturated rings. The van der Waals surface area contributed by atoms with Crippen molar-refractivity contribution in [2.45, 2.75) is 6.04 Å². The maximum atomic E-state index is 5.88. The molecule has 0 aliphatic heterocycles. The summed E-state index contributed by atoms with van der Waals surface area (Å²) >= 11 is 8.17. The predicted molar refractivity (Wildman–Crippen MR) is 79.8 cm³/mol. The molecular weight excluding hydrogens is 347 g/mol. The van der Waals surface area contributed by atoms with Crippen molar-refractivity contribution < 1.29 is 0 Å². The van der Waals surface area contributed by atoms with Gasteiger partial charge in [-0.05, 0) is 58.0 Å². The topological polar surface area (TPSA) is 38.0 Å². The molecule has 2 aromatic rings. The Morgan fingerprint density at radius 1 is 1.06 bits per heavy atom. The fraction of sp³-hybridized carbons (Fsp3) is 0.0769. The number of nitrogens with one attached hydrogen (secondary N) is 1. The molecule has 0 aromatic heterocycles. The van der Waals surface area contributed by atoms with Crippen LogP contribution >= 0.6 is 34.2 Å². The maximum Gasteiger partial charge on any atom is 0.0710 e. The van der Waals surface area contributed by atoms with Gasteiger partial charge in [-0.25, -0.2) is 5.43 Å². The number of hydrogen-bond donors (Lipinski definition) is 2. The molecule has 0 heterocycles. The van der Waals surface area contributed by atoms with Crippen molar-refractivity contribution in [3.63, 3.8) is 0 Å². The molecule has 3 N–H and O–H groups in total. The van der Waals surface area contributed by atoms with Crippen LogP contribution in [0, 0.1) is 3.57 Å². The van der Waals surface area contributed by atoms with Crippen LogP contribution in [0.15, 0.2) is 48.5 Å². The molecule has 4 heteroatoms. The highest BCUT2D eigenvalue weighted by molar-refractivity contribution is 14.1. The molecule has 0 aliphatic carbocycles. The quantitative estimate of drug-likeness (QED) is 0.501. The Morgan fingerprint density at radius 3 is 2.35 bits per heavy atom. The summed E-state index contributed by atoms with van der Waals surface area (Å²) in [6.45, 7) is 0. The Balaban J connectivity index is 2.36. The second-order valence-electron chi connectivity index (χ2n) is 3.71. The van der Waals surface area contributed by atoms with Gasteiger partial charge in [-0.3, -0.25) is 5.84 Å². The molecule has 2 aromatic carbocycles. The van der Waals surface area contributed by atoms with Crippen molar-refractivity contribution in [3.05, 3.63) is 68.3 Å². The molecule has 0 aliphatic rings. The van der Waals surface area contributed by atoms with E-state index in [1.54, 1.807) is 0 Å². The van der Waals surface area contributed by atoms with Crippen LogP contribution in [-0.4, -0.2) is 0 Å². The third kappa shape index (κ3) is 3.19. The molecule has 0 saturated carbocycles. The first-order valence-corrected chi connectivity index (χ1v) is 6.63. The van der Waals surface area contributed by atoms with Crippen LogP contribution in [0.3, 0.4) is 0 Å². The normalized spacial score (nSPS) is 12.4. The lowest BCUT2D eigenvalue weighted by Crippen LogP contribution is -2.28. The van der Waals surface area contributed by atoms with Gasteiger partial charge in [0.2, 0.25) is 0 Å². The van der Waals surface area contributed by atoms with Gasteiger partial charge in [0.1, 0.15) is 0 Å². The van der Waals surface area contributed by atoms with Crippen LogP contribution in [0.2, 0.25) is 5.02 Å². The molecule has 2 nitrogen and oxygen atoms in total. The van der Waals surface area contributed by atoms with E-state index < -0.39 is 0 Å². The summed E-state index contributed by atoms with van der Waals surface area (Å²) in [7, 11) is 0. The Labute approximate surface area is 119 Å². The molecule has 17 heavy (non-hydrogen) atoms. The SMILES string of the molecule is NNC(c1ccc(Cl)cc1)c1cccc(I)c1. The minimum absolute atomic E-state index is 0.0121. The lowest BCUT2D eigenvalue weighted by Gasteiger charge is -2.17. The summed E-state index contributed by atoms with van der Waals surface area (Å²) in [5.74, 6) is 5.64. The number of rotatable bonds is 3. The van der Waals surface area contributed by atoms with E-state index in [9.17, 15) is 0 Å². The van der Waals surface area contributed by atoms with Crippen molar-refractivity contribution in [1.29, 1.82) is 0 Å². The van der Waals surface area contributed by atoms with Gasteiger partial charge in [0.25, 0.3) is 0 Å². The summed E-state index contributed by atoms with van der Waals surface area (Å²) in [4.78, 5) is 0. The smallest absolute Gasteiger partial charge is 0.0710 e. The van der Waals surface area contributed by atoms with Gasteiger partial charge in [0.15, 0.2) is 0 Å². The van der Waals surface area contributed by atoms with E-state index in [0.717, 1.165) is 16.1 Å². The molecule has 0 radical (unpaired) electrons. The lowest BCUT2D eigenvalue weighted by atomic mass is 9.99. The third-order valence-electron chi connectivity index (χ3n) is 2.55. The number of halogens is 2. The van der Waals surface area contributed by atoms with E-state index >= 15 is 0 Å².